The second-order valence-electron chi connectivity index (χ2n) is 4.92. The van der Waals surface area contributed by atoms with Gasteiger partial charge < -0.3 is 5.11 Å². The van der Waals surface area contributed by atoms with Gasteiger partial charge in [0.05, 0.1) is 26.8 Å². The van der Waals surface area contributed by atoms with Crippen LogP contribution in [0.3, 0.4) is 0 Å². The number of benzene rings is 2. The summed E-state index contributed by atoms with van der Waals surface area (Å²) in [5.41, 5.74) is 2.79. The average molecular weight is 362 g/mol. The first kappa shape index (κ1) is 18.2. The van der Waals surface area contributed by atoms with Crippen LogP contribution in [-0.4, -0.2) is 16.1 Å². The van der Waals surface area contributed by atoms with Crippen LogP contribution in [0.2, 0.25) is 10.0 Å². The molecule has 0 aliphatic heterocycles. The van der Waals surface area contributed by atoms with E-state index < -0.39 is 5.97 Å². The van der Waals surface area contributed by atoms with Gasteiger partial charge in [-0.3, -0.25) is 0 Å². The summed E-state index contributed by atoms with van der Waals surface area (Å²) < 4.78 is 0. The minimum atomic E-state index is -1.01. The lowest BCUT2D eigenvalue weighted by Crippen LogP contribution is -2.05. The van der Waals surface area contributed by atoms with Gasteiger partial charge in [-0.25, -0.2) is 9.78 Å². The van der Waals surface area contributed by atoms with Crippen LogP contribution in [0.5, 0.6) is 0 Å². The second kappa shape index (κ2) is 7.65. The molecule has 3 nitrogen and oxygen atoms in total. The van der Waals surface area contributed by atoms with Crippen molar-refractivity contribution in [1.29, 1.82) is 0 Å². The summed E-state index contributed by atoms with van der Waals surface area (Å²) in [5, 5.41) is 10.7. The number of carboxylic acid groups (broad SMARTS) is 1. The van der Waals surface area contributed by atoms with Crippen molar-refractivity contribution in [3.05, 3.63) is 63.6 Å². The predicted octanol–water partition coefficient (Wildman–Crippen LogP) is 6.24. The van der Waals surface area contributed by atoms with E-state index in [0.29, 0.717) is 32.2 Å². The maximum absolute atomic E-state index is 11.7. The molecule has 0 unspecified atom stereocenters. The van der Waals surface area contributed by atoms with Gasteiger partial charge in [-0.05, 0) is 24.6 Å². The zero-order chi connectivity index (χ0) is 17.9. The fourth-order valence-corrected chi connectivity index (χ4v) is 2.83. The highest BCUT2D eigenvalue weighted by molar-refractivity contribution is 6.43. The molecule has 3 rings (SSSR count). The van der Waals surface area contributed by atoms with E-state index in [4.69, 9.17) is 23.2 Å². The first-order chi connectivity index (χ1) is 11.5. The predicted molar refractivity (Wildman–Crippen MR) is 100 cm³/mol. The van der Waals surface area contributed by atoms with Gasteiger partial charge in [0.15, 0.2) is 0 Å². The highest BCUT2D eigenvalue weighted by Gasteiger charge is 2.19. The maximum atomic E-state index is 11.7. The molecule has 1 heterocycles. The van der Waals surface area contributed by atoms with E-state index in [1.165, 1.54) is 0 Å². The summed E-state index contributed by atoms with van der Waals surface area (Å²) in [5.74, 6) is -1.01. The molecule has 5 heteroatoms. The van der Waals surface area contributed by atoms with Gasteiger partial charge in [0.25, 0.3) is 0 Å². The molecular formula is C19H17Cl2NO2. The van der Waals surface area contributed by atoms with E-state index in [0.717, 1.165) is 5.56 Å². The Bertz CT molecular complexity index is 893. The highest BCUT2D eigenvalue weighted by atomic mass is 35.5. The molecule has 0 atom stereocenters. The fraction of sp³-hybridized carbons (Fsp3) is 0.158. The molecule has 0 aliphatic rings. The third kappa shape index (κ3) is 3.37. The molecule has 0 bridgehead atoms. The van der Waals surface area contributed by atoms with E-state index in [1.807, 2.05) is 44.2 Å². The smallest absolute Gasteiger partial charge is 0.336 e. The number of rotatable bonds is 2. The summed E-state index contributed by atoms with van der Waals surface area (Å²) in [6.07, 6.45) is 0. The van der Waals surface area contributed by atoms with E-state index in [9.17, 15) is 9.90 Å². The third-order valence-electron chi connectivity index (χ3n) is 3.53. The van der Waals surface area contributed by atoms with Gasteiger partial charge in [0.1, 0.15) is 0 Å². The molecule has 124 valence electrons. The largest absolute Gasteiger partial charge is 0.478 e. The number of halogens is 2. The number of aromatic carboxylic acids is 1. The van der Waals surface area contributed by atoms with Crippen LogP contribution in [0.25, 0.3) is 22.2 Å². The van der Waals surface area contributed by atoms with Crippen molar-refractivity contribution in [3.8, 4) is 11.3 Å². The van der Waals surface area contributed by atoms with Crippen LogP contribution in [-0.2, 0) is 0 Å². The van der Waals surface area contributed by atoms with Crippen molar-refractivity contribution < 1.29 is 9.90 Å². The molecule has 1 aromatic heterocycles. The topological polar surface area (TPSA) is 50.2 Å². The maximum Gasteiger partial charge on any atom is 0.336 e. The Kier molecular flexibility index (Phi) is 5.81. The van der Waals surface area contributed by atoms with Crippen molar-refractivity contribution in [2.75, 3.05) is 0 Å². The molecule has 0 spiro atoms. The monoisotopic (exact) mass is 361 g/mol. The number of nitrogens with zero attached hydrogens (tertiary/aromatic N) is 1. The van der Waals surface area contributed by atoms with Gasteiger partial charge in [-0.2, -0.15) is 0 Å². The number of fused-ring (bicyclic) bond motifs is 1. The molecule has 0 saturated heterocycles. The lowest BCUT2D eigenvalue weighted by Gasteiger charge is -2.12. The Morgan fingerprint density at radius 3 is 2.21 bits per heavy atom. The molecule has 0 aliphatic carbocycles. The summed E-state index contributed by atoms with van der Waals surface area (Å²) in [6.45, 7) is 5.75. The number of pyridine rings is 1. The van der Waals surface area contributed by atoms with Gasteiger partial charge in [0.2, 0.25) is 0 Å². The second-order valence-corrected chi connectivity index (χ2v) is 5.73. The molecule has 0 amide bonds. The van der Waals surface area contributed by atoms with Crippen molar-refractivity contribution >= 4 is 40.1 Å². The van der Waals surface area contributed by atoms with Crippen LogP contribution in [0.15, 0.2) is 42.5 Å². The zero-order valence-electron chi connectivity index (χ0n) is 13.6. The molecule has 24 heavy (non-hydrogen) atoms. The SMILES string of the molecule is CC.Cc1c(-c2ccccc2)nc2cc(Cl)c(Cl)cc2c1C(=O)O. The van der Waals surface area contributed by atoms with Gasteiger partial charge in [0, 0.05) is 10.9 Å². The Balaban J connectivity index is 0.00000100. The minimum Gasteiger partial charge on any atom is -0.478 e. The molecule has 0 radical (unpaired) electrons. The molecule has 0 fully saturated rings. The lowest BCUT2D eigenvalue weighted by molar-refractivity contribution is 0.0698. The molecule has 3 aromatic rings. The van der Waals surface area contributed by atoms with Crippen molar-refractivity contribution in [3.63, 3.8) is 0 Å². The number of carbonyl (C=O) groups is 1. The van der Waals surface area contributed by atoms with Crippen molar-refractivity contribution in [1.82, 2.24) is 4.98 Å². The first-order valence-corrected chi connectivity index (χ1v) is 8.32. The van der Waals surface area contributed by atoms with E-state index in [2.05, 4.69) is 4.98 Å². The molecular weight excluding hydrogens is 345 g/mol. The van der Waals surface area contributed by atoms with Crippen LogP contribution in [0.4, 0.5) is 0 Å². The fourth-order valence-electron chi connectivity index (χ4n) is 2.51. The van der Waals surface area contributed by atoms with E-state index >= 15 is 0 Å². The number of hydrogen-bond donors (Lipinski definition) is 1. The average Bonchev–Trinajstić information content (AvgIpc) is 2.58. The van der Waals surface area contributed by atoms with Crippen LogP contribution >= 0.6 is 23.2 Å². The highest BCUT2D eigenvalue weighted by Crippen LogP contribution is 2.34. The van der Waals surface area contributed by atoms with Gasteiger partial charge >= 0.3 is 5.97 Å². The zero-order valence-corrected chi connectivity index (χ0v) is 15.1. The quantitative estimate of drug-likeness (QED) is 0.587. The Morgan fingerprint density at radius 1 is 1.04 bits per heavy atom. The van der Waals surface area contributed by atoms with Crippen LogP contribution < -0.4 is 0 Å². The molecule has 0 saturated carbocycles. The molecule has 2 aromatic carbocycles. The lowest BCUT2D eigenvalue weighted by atomic mass is 9.98. The van der Waals surface area contributed by atoms with Crippen molar-refractivity contribution in [2.24, 2.45) is 0 Å². The van der Waals surface area contributed by atoms with Crippen molar-refractivity contribution in [2.45, 2.75) is 20.8 Å². The Morgan fingerprint density at radius 2 is 1.62 bits per heavy atom. The minimum absolute atomic E-state index is 0.197. The summed E-state index contributed by atoms with van der Waals surface area (Å²) in [4.78, 5) is 16.3. The number of hydrogen-bond acceptors (Lipinski definition) is 2. The Labute approximate surface area is 150 Å². The van der Waals surface area contributed by atoms with Crippen LogP contribution in [0.1, 0.15) is 29.8 Å². The van der Waals surface area contributed by atoms with Gasteiger partial charge in [-0.15, -0.1) is 0 Å². The van der Waals surface area contributed by atoms with E-state index in [1.54, 1.807) is 19.1 Å². The summed E-state index contributed by atoms with van der Waals surface area (Å²) in [6, 6.07) is 12.6. The van der Waals surface area contributed by atoms with Gasteiger partial charge in [-0.1, -0.05) is 67.4 Å². The standard InChI is InChI=1S/C17H11Cl2NO2.C2H6/c1-9-15(17(21)22)11-7-12(18)13(19)8-14(11)20-16(9)10-5-3-2-4-6-10;1-2/h2-8H,1H3,(H,21,22);1-2H3. The number of carboxylic acids is 1. The first-order valence-electron chi connectivity index (χ1n) is 7.57. The summed E-state index contributed by atoms with van der Waals surface area (Å²) >= 11 is 12.1. The van der Waals surface area contributed by atoms with E-state index in [-0.39, 0.29) is 5.56 Å². The number of aromatic nitrogens is 1. The van der Waals surface area contributed by atoms with Crippen LogP contribution in [0, 0.1) is 6.92 Å². The molecule has 1 N–H and O–H groups in total. The summed E-state index contributed by atoms with van der Waals surface area (Å²) in [7, 11) is 0. The third-order valence-corrected chi connectivity index (χ3v) is 4.25. The normalized spacial score (nSPS) is 10.2. The Hall–Kier alpha value is -2.10.